The highest BCUT2D eigenvalue weighted by atomic mass is 16.5. The third-order valence-electron chi connectivity index (χ3n) is 3.89. The first-order valence-electron chi connectivity index (χ1n) is 6.91. The second-order valence-corrected chi connectivity index (χ2v) is 5.23. The van der Waals surface area contributed by atoms with Crippen LogP contribution in [0.25, 0.3) is 10.9 Å². The topological polar surface area (TPSA) is 49.1 Å². The average Bonchev–Trinajstić information content (AvgIpc) is 2.89. The lowest BCUT2D eigenvalue weighted by molar-refractivity contribution is 0.193. The number of aromatic nitrogens is 1. The van der Waals surface area contributed by atoms with Crippen LogP contribution in [0.2, 0.25) is 0 Å². The fourth-order valence-electron chi connectivity index (χ4n) is 2.65. The SMILES string of the molecule is CN1CCC[C@H]1COc1nc2ccccc2cc1C#N. The van der Waals surface area contributed by atoms with Gasteiger partial charge in [0.05, 0.1) is 5.52 Å². The monoisotopic (exact) mass is 267 g/mol. The highest BCUT2D eigenvalue weighted by Crippen LogP contribution is 2.23. The van der Waals surface area contributed by atoms with Gasteiger partial charge in [0.2, 0.25) is 5.88 Å². The number of benzene rings is 1. The summed E-state index contributed by atoms with van der Waals surface area (Å²) < 4.78 is 5.82. The zero-order valence-electron chi connectivity index (χ0n) is 11.5. The largest absolute Gasteiger partial charge is 0.475 e. The molecule has 0 aliphatic carbocycles. The van der Waals surface area contributed by atoms with E-state index in [2.05, 4.69) is 23.0 Å². The van der Waals surface area contributed by atoms with Gasteiger partial charge in [0.1, 0.15) is 18.2 Å². The smallest absolute Gasteiger partial charge is 0.232 e. The van der Waals surface area contributed by atoms with Gasteiger partial charge in [0.25, 0.3) is 0 Å². The van der Waals surface area contributed by atoms with Crippen LogP contribution in [0.3, 0.4) is 0 Å². The van der Waals surface area contributed by atoms with E-state index in [4.69, 9.17) is 4.74 Å². The number of likely N-dealkylation sites (tertiary alicyclic amines) is 1. The quantitative estimate of drug-likeness (QED) is 0.857. The van der Waals surface area contributed by atoms with Crippen molar-refractivity contribution in [3.05, 3.63) is 35.9 Å². The highest BCUT2D eigenvalue weighted by molar-refractivity contribution is 5.80. The molecule has 2 heterocycles. The van der Waals surface area contributed by atoms with Crippen LogP contribution in [-0.2, 0) is 0 Å². The highest BCUT2D eigenvalue weighted by Gasteiger charge is 2.22. The molecule has 1 aliphatic heterocycles. The summed E-state index contributed by atoms with van der Waals surface area (Å²) in [7, 11) is 2.11. The van der Waals surface area contributed by atoms with Crippen molar-refractivity contribution in [2.45, 2.75) is 18.9 Å². The Morgan fingerprint density at radius 2 is 2.30 bits per heavy atom. The van der Waals surface area contributed by atoms with Crippen LogP contribution in [0.4, 0.5) is 0 Å². The number of ether oxygens (including phenoxy) is 1. The van der Waals surface area contributed by atoms with E-state index in [1.54, 1.807) is 0 Å². The molecule has 0 unspecified atom stereocenters. The van der Waals surface area contributed by atoms with E-state index in [1.165, 1.54) is 6.42 Å². The molecule has 0 spiro atoms. The first-order chi connectivity index (χ1) is 9.78. The molecular weight excluding hydrogens is 250 g/mol. The van der Waals surface area contributed by atoms with Crippen molar-refractivity contribution in [2.24, 2.45) is 0 Å². The summed E-state index contributed by atoms with van der Waals surface area (Å²) in [6.45, 7) is 1.71. The summed E-state index contributed by atoms with van der Waals surface area (Å²) >= 11 is 0. The molecule has 20 heavy (non-hydrogen) atoms. The number of hydrogen-bond donors (Lipinski definition) is 0. The Kier molecular flexibility index (Phi) is 3.53. The van der Waals surface area contributed by atoms with E-state index >= 15 is 0 Å². The Morgan fingerprint density at radius 1 is 1.45 bits per heavy atom. The average molecular weight is 267 g/mol. The molecule has 2 aromatic rings. The first-order valence-corrected chi connectivity index (χ1v) is 6.91. The molecule has 3 rings (SSSR count). The van der Waals surface area contributed by atoms with Crippen molar-refractivity contribution < 1.29 is 4.74 Å². The lowest BCUT2D eigenvalue weighted by Crippen LogP contribution is -2.30. The fraction of sp³-hybridized carbons (Fsp3) is 0.375. The molecule has 0 saturated carbocycles. The molecule has 4 nitrogen and oxygen atoms in total. The number of rotatable bonds is 3. The van der Waals surface area contributed by atoms with Crippen LogP contribution in [0, 0.1) is 11.3 Å². The molecule has 1 aliphatic rings. The summed E-state index contributed by atoms with van der Waals surface area (Å²) in [6, 6.07) is 12.2. The van der Waals surface area contributed by atoms with Crippen molar-refractivity contribution in [1.82, 2.24) is 9.88 Å². The van der Waals surface area contributed by atoms with Gasteiger partial charge in [-0.15, -0.1) is 0 Å². The van der Waals surface area contributed by atoms with Crippen molar-refractivity contribution in [3.63, 3.8) is 0 Å². The minimum Gasteiger partial charge on any atom is -0.475 e. The van der Waals surface area contributed by atoms with Crippen LogP contribution in [-0.4, -0.2) is 36.1 Å². The number of likely N-dealkylation sites (N-methyl/N-ethyl adjacent to an activating group) is 1. The van der Waals surface area contributed by atoms with E-state index in [0.717, 1.165) is 23.9 Å². The Labute approximate surface area is 118 Å². The standard InChI is InChI=1S/C16H17N3O/c1-19-8-4-6-14(19)11-20-16-13(10-17)9-12-5-2-3-7-15(12)18-16/h2-3,5,7,9,14H,4,6,8,11H2,1H3/t14-/m0/s1. The number of fused-ring (bicyclic) bond motifs is 1. The second kappa shape index (κ2) is 5.48. The summed E-state index contributed by atoms with van der Waals surface area (Å²) in [6.07, 6.45) is 2.35. The summed E-state index contributed by atoms with van der Waals surface area (Å²) in [5.74, 6) is 0.450. The van der Waals surface area contributed by atoms with Gasteiger partial charge in [-0.1, -0.05) is 18.2 Å². The van der Waals surface area contributed by atoms with Crippen molar-refractivity contribution in [1.29, 1.82) is 5.26 Å². The van der Waals surface area contributed by atoms with Crippen molar-refractivity contribution >= 4 is 10.9 Å². The van der Waals surface area contributed by atoms with Gasteiger partial charge in [0, 0.05) is 11.4 Å². The molecule has 1 atom stereocenters. The molecule has 1 aromatic carbocycles. The third kappa shape index (κ3) is 2.45. The Balaban J connectivity index is 1.84. The lowest BCUT2D eigenvalue weighted by atomic mass is 10.1. The van der Waals surface area contributed by atoms with Gasteiger partial charge >= 0.3 is 0 Å². The van der Waals surface area contributed by atoms with Crippen LogP contribution in [0.15, 0.2) is 30.3 Å². The Bertz CT molecular complexity index is 662. The summed E-state index contributed by atoms with van der Waals surface area (Å²) in [4.78, 5) is 6.77. The molecule has 102 valence electrons. The predicted octanol–water partition coefficient (Wildman–Crippen LogP) is 2.58. The van der Waals surface area contributed by atoms with Gasteiger partial charge < -0.3 is 9.64 Å². The van der Waals surface area contributed by atoms with Crippen LogP contribution in [0.5, 0.6) is 5.88 Å². The minimum atomic E-state index is 0.426. The van der Waals surface area contributed by atoms with E-state index < -0.39 is 0 Å². The maximum Gasteiger partial charge on any atom is 0.232 e. The van der Waals surface area contributed by atoms with Crippen LogP contribution in [0.1, 0.15) is 18.4 Å². The van der Waals surface area contributed by atoms with E-state index in [9.17, 15) is 5.26 Å². The maximum absolute atomic E-state index is 9.24. The molecule has 1 fully saturated rings. The van der Waals surface area contributed by atoms with E-state index in [1.807, 2.05) is 30.3 Å². The van der Waals surface area contributed by atoms with Gasteiger partial charge in [-0.2, -0.15) is 5.26 Å². The Hall–Kier alpha value is -2.12. The fourth-order valence-corrected chi connectivity index (χ4v) is 2.65. The maximum atomic E-state index is 9.24. The van der Waals surface area contributed by atoms with Crippen LogP contribution < -0.4 is 4.74 Å². The molecular formula is C16H17N3O. The van der Waals surface area contributed by atoms with E-state index in [-0.39, 0.29) is 0 Å². The molecule has 0 radical (unpaired) electrons. The predicted molar refractivity (Wildman–Crippen MR) is 77.6 cm³/mol. The molecule has 0 bridgehead atoms. The van der Waals surface area contributed by atoms with Gasteiger partial charge in [-0.3, -0.25) is 0 Å². The molecule has 1 aromatic heterocycles. The molecule has 4 heteroatoms. The van der Waals surface area contributed by atoms with Crippen molar-refractivity contribution in [3.8, 4) is 11.9 Å². The Morgan fingerprint density at radius 3 is 3.05 bits per heavy atom. The number of para-hydroxylation sites is 1. The zero-order chi connectivity index (χ0) is 13.9. The first kappa shape index (κ1) is 12.9. The lowest BCUT2D eigenvalue weighted by Gasteiger charge is -2.19. The third-order valence-corrected chi connectivity index (χ3v) is 3.89. The summed E-state index contributed by atoms with van der Waals surface area (Å²) in [5.41, 5.74) is 1.37. The zero-order valence-corrected chi connectivity index (χ0v) is 11.5. The molecule has 0 N–H and O–H groups in total. The summed E-state index contributed by atoms with van der Waals surface area (Å²) in [5, 5.41) is 10.2. The van der Waals surface area contributed by atoms with Gasteiger partial charge in [-0.05, 0) is 38.6 Å². The van der Waals surface area contributed by atoms with Crippen molar-refractivity contribution in [2.75, 3.05) is 20.2 Å². The van der Waals surface area contributed by atoms with Gasteiger partial charge in [-0.25, -0.2) is 4.98 Å². The number of nitrogens with zero attached hydrogens (tertiary/aromatic N) is 3. The normalized spacial score (nSPS) is 19.1. The number of pyridine rings is 1. The minimum absolute atomic E-state index is 0.426. The van der Waals surface area contributed by atoms with E-state index in [0.29, 0.717) is 24.1 Å². The second-order valence-electron chi connectivity index (χ2n) is 5.23. The number of hydrogen-bond acceptors (Lipinski definition) is 4. The molecule has 0 amide bonds. The van der Waals surface area contributed by atoms with Crippen LogP contribution >= 0.6 is 0 Å². The van der Waals surface area contributed by atoms with Gasteiger partial charge in [0.15, 0.2) is 0 Å². The number of nitriles is 1. The molecule has 1 saturated heterocycles.